The number of likely N-dealkylation sites (tertiary alicyclic amines) is 1. The van der Waals surface area contributed by atoms with Crippen molar-refractivity contribution in [2.24, 2.45) is 5.92 Å². The van der Waals surface area contributed by atoms with Gasteiger partial charge in [-0.2, -0.15) is 0 Å². The number of morpholine rings is 1. The van der Waals surface area contributed by atoms with E-state index in [0.29, 0.717) is 35.3 Å². The maximum Gasteiger partial charge on any atom is 0.261 e. The Morgan fingerprint density at radius 1 is 1.20 bits per heavy atom. The highest BCUT2D eigenvalue weighted by molar-refractivity contribution is 6.32. The fraction of sp³-hybridized carbons (Fsp3) is 0.667. The van der Waals surface area contributed by atoms with E-state index in [2.05, 4.69) is 9.88 Å². The molecule has 1 amide bonds. The monoisotopic (exact) mass is 367 g/mol. The Balaban J connectivity index is 1.62. The highest BCUT2D eigenvalue weighted by atomic mass is 35.5. The molecule has 2 aliphatic heterocycles. The van der Waals surface area contributed by atoms with Crippen molar-refractivity contribution in [2.75, 3.05) is 45.9 Å². The van der Waals surface area contributed by atoms with Crippen LogP contribution in [0.3, 0.4) is 0 Å². The Bertz CT molecular complexity index is 690. The topological polar surface area (TPSA) is 65.6 Å². The number of aryl methyl sites for hydroxylation is 1. The number of nitrogens with one attached hydrogen (secondary N) is 1. The molecule has 25 heavy (non-hydrogen) atoms. The molecular weight excluding hydrogens is 342 g/mol. The van der Waals surface area contributed by atoms with Crippen LogP contribution in [0, 0.1) is 19.8 Å². The van der Waals surface area contributed by atoms with Gasteiger partial charge in [0.25, 0.3) is 11.5 Å². The first-order valence-electron chi connectivity index (χ1n) is 8.95. The molecule has 6 nitrogen and oxygen atoms in total. The molecule has 0 bridgehead atoms. The van der Waals surface area contributed by atoms with Crippen LogP contribution in [0.2, 0.25) is 5.02 Å². The van der Waals surface area contributed by atoms with Crippen LogP contribution in [0.1, 0.15) is 34.5 Å². The Labute approximate surface area is 153 Å². The van der Waals surface area contributed by atoms with Crippen LogP contribution >= 0.6 is 11.6 Å². The predicted octanol–water partition coefficient (Wildman–Crippen LogP) is 1.83. The molecule has 3 rings (SSSR count). The van der Waals surface area contributed by atoms with Gasteiger partial charge in [0.2, 0.25) is 0 Å². The number of piperidine rings is 1. The minimum absolute atomic E-state index is 0.183. The molecule has 0 unspecified atom stereocenters. The molecule has 1 N–H and O–H groups in total. The molecule has 2 fully saturated rings. The third-order valence-electron chi connectivity index (χ3n) is 5.30. The van der Waals surface area contributed by atoms with Crippen LogP contribution in [-0.2, 0) is 4.74 Å². The molecule has 0 atom stereocenters. The van der Waals surface area contributed by atoms with E-state index in [9.17, 15) is 9.59 Å². The first-order chi connectivity index (χ1) is 12.0. The number of ether oxygens (including phenoxy) is 1. The molecule has 1 aromatic heterocycles. The zero-order chi connectivity index (χ0) is 18.0. The largest absolute Gasteiger partial charge is 0.379 e. The molecule has 2 saturated heterocycles. The molecule has 0 saturated carbocycles. The van der Waals surface area contributed by atoms with Crippen molar-refractivity contribution in [2.45, 2.75) is 26.7 Å². The summed E-state index contributed by atoms with van der Waals surface area (Å²) in [6.45, 7) is 9.55. The summed E-state index contributed by atoms with van der Waals surface area (Å²) in [6, 6.07) is 0. The lowest BCUT2D eigenvalue weighted by Gasteiger charge is -2.36. The molecular formula is C18H26ClN3O3. The Morgan fingerprint density at radius 2 is 1.84 bits per heavy atom. The third-order valence-corrected chi connectivity index (χ3v) is 5.86. The van der Waals surface area contributed by atoms with E-state index >= 15 is 0 Å². The summed E-state index contributed by atoms with van der Waals surface area (Å²) < 4.78 is 5.39. The van der Waals surface area contributed by atoms with E-state index in [1.54, 1.807) is 18.7 Å². The third kappa shape index (κ3) is 4.07. The minimum atomic E-state index is -0.347. The molecule has 0 aromatic carbocycles. The summed E-state index contributed by atoms with van der Waals surface area (Å²) in [4.78, 5) is 32.0. The van der Waals surface area contributed by atoms with Crippen molar-refractivity contribution >= 4 is 17.5 Å². The molecule has 0 aliphatic carbocycles. The Hall–Kier alpha value is -1.37. The maximum absolute atomic E-state index is 12.8. The summed E-state index contributed by atoms with van der Waals surface area (Å²) in [6.07, 6.45) is 1.94. The van der Waals surface area contributed by atoms with Gasteiger partial charge in [0, 0.05) is 38.4 Å². The van der Waals surface area contributed by atoms with Crippen LogP contribution in [0.15, 0.2) is 4.79 Å². The van der Waals surface area contributed by atoms with Crippen molar-refractivity contribution in [3.8, 4) is 0 Å². The van der Waals surface area contributed by atoms with E-state index < -0.39 is 0 Å². The van der Waals surface area contributed by atoms with Gasteiger partial charge in [-0.3, -0.25) is 14.5 Å². The van der Waals surface area contributed by atoms with Gasteiger partial charge in [-0.25, -0.2) is 0 Å². The second kappa shape index (κ2) is 7.89. The van der Waals surface area contributed by atoms with Crippen LogP contribution in [0.4, 0.5) is 0 Å². The van der Waals surface area contributed by atoms with Crippen LogP contribution in [0.5, 0.6) is 0 Å². The fourth-order valence-corrected chi connectivity index (χ4v) is 3.87. The smallest absolute Gasteiger partial charge is 0.261 e. The summed E-state index contributed by atoms with van der Waals surface area (Å²) in [5.41, 5.74) is 1.01. The zero-order valence-electron chi connectivity index (χ0n) is 14.9. The number of halogens is 1. The van der Waals surface area contributed by atoms with E-state index in [1.807, 2.05) is 0 Å². The number of H-pyrrole nitrogens is 1. The summed E-state index contributed by atoms with van der Waals surface area (Å²) >= 11 is 6.21. The van der Waals surface area contributed by atoms with Crippen molar-refractivity contribution in [1.82, 2.24) is 14.8 Å². The van der Waals surface area contributed by atoms with Crippen molar-refractivity contribution in [3.05, 3.63) is 32.2 Å². The second-order valence-electron chi connectivity index (χ2n) is 7.04. The first kappa shape index (κ1) is 18.4. The van der Waals surface area contributed by atoms with E-state index in [0.717, 1.165) is 45.7 Å². The zero-order valence-corrected chi connectivity index (χ0v) is 15.7. The first-order valence-corrected chi connectivity index (χ1v) is 9.33. The van der Waals surface area contributed by atoms with Gasteiger partial charge in [0.1, 0.15) is 5.56 Å². The summed E-state index contributed by atoms with van der Waals surface area (Å²) in [7, 11) is 0. The van der Waals surface area contributed by atoms with Gasteiger partial charge < -0.3 is 14.6 Å². The number of pyridine rings is 1. The number of amides is 1. The quantitative estimate of drug-likeness (QED) is 0.885. The van der Waals surface area contributed by atoms with Gasteiger partial charge in [0.05, 0.1) is 18.2 Å². The average Bonchev–Trinajstić information content (AvgIpc) is 2.61. The molecule has 1 aromatic rings. The number of nitrogens with zero attached hydrogens (tertiary/aromatic N) is 2. The molecule has 3 heterocycles. The SMILES string of the molecule is Cc1[nH]c(=O)c(C(=O)N2CCC(CN3CCOCC3)CC2)c(C)c1Cl. The lowest BCUT2D eigenvalue weighted by atomic mass is 9.95. The number of aromatic nitrogens is 1. The molecule has 7 heteroatoms. The lowest BCUT2D eigenvalue weighted by molar-refractivity contribution is 0.0242. The van der Waals surface area contributed by atoms with Gasteiger partial charge >= 0.3 is 0 Å². The Morgan fingerprint density at radius 3 is 2.48 bits per heavy atom. The average molecular weight is 368 g/mol. The number of carbonyl (C=O) groups excluding carboxylic acids is 1. The minimum Gasteiger partial charge on any atom is -0.379 e. The molecule has 0 spiro atoms. The maximum atomic E-state index is 12.8. The van der Waals surface area contributed by atoms with Gasteiger partial charge in [-0.15, -0.1) is 0 Å². The number of hydrogen-bond donors (Lipinski definition) is 1. The second-order valence-corrected chi connectivity index (χ2v) is 7.42. The normalized spacial score (nSPS) is 20.0. The summed E-state index contributed by atoms with van der Waals surface area (Å²) in [5, 5.41) is 0.463. The number of rotatable bonds is 3. The number of hydrogen-bond acceptors (Lipinski definition) is 4. The predicted molar refractivity (Wildman–Crippen MR) is 97.4 cm³/mol. The van der Waals surface area contributed by atoms with Crippen molar-refractivity contribution < 1.29 is 9.53 Å². The lowest BCUT2D eigenvalue weighted by Crippen LogP contribution is -2.45. The highest BCUT2D eigenvalue weighted by Crippen LogP contribution is 2.23. The molecule has 0 radical (unpaired) electrons. The van der Waals surface area contributed by atoms with E-state index in [1.165, 1.54) is 0 Å². The Kier molecular flexibility index (Phi) is 5.81. The van der Waals surface area contributed by atoms with Gasteiger partial charge in [-0.1, -0.05) is 11.6 Å². The number of aromatic amines is 1. The van der Waals surface area contributed by atoms with Crippen molar-refractivity contribution in [1.29, 1.82) is 0 Å². The van der Waals surface area contributed by atoms with Crippen LogP contribution < -0.4 is 5.56 Å². The van der Waals surface area contributed by atoms with Crippen LogP contribution in [-0.4, -0.2) is 66.6 Å². The van der Waals surface area contributed by atoms with Gasteiger partial charge in [0.15, 0.2) is 0 Å². The molecule has 2 aliphatic rings. The van der Waals surface area contributed by atoms with Crippen LogP contribution in [0.25, 0.3) is 0 Å². The van der Waals surface area contributed by atoms with E-state index in [4.69, 9.17) is 16.3 Å². The van der Waals surface area contributed by atoms with Gasteiger partial charge in [-0.05, 0) is 38.2 Å². The highest BCUT2D eigenvalue weighted by Gasteiger charge is 2.28. The van der Waals surface area contributed by atoms with E-state index in [-0.39, 0.29) is 17.0 Å². The summed E-state index contributed by atoms with van der Waals surface area (Å²) in [5.74, 6) is 0.397. The number of carbonyl (C=O) groups is 1. The fourth-order valence-electron chi connectivity index (χ4n) is 3.73. The standard InChI is InChI=1S/C18H26ClN3O3/c1-12-15(17(23)20-13(2)16(12)19)18(24)22-5-3-14(4-6-22)11-21-7-9-25-10-8-21/h14H,3-11H2,1-2H3,(H,20,23). The van der Waals surface area contributed by atoms with Crippen molar-refractivity contribution in [3.63, 3.8) is 0 Å². The molecule has 138 valence electrons.